The Morgan fingerprint density at radius 3 is 0.657 bits per heavy atom. The molecule has 0 saturated carbocycles. The average Bonchev–Trinajstić information content (AvgIpc) is 0.902. The highest BCUT2D eigenvalue weighted by atomic mass is 31.2. The van der Waals surface area contributed by atoms with Gasteiger partial charge in [0.15, 0.2) is 12.2 Å². The molecule has 642 valence electrons. The van der Waals surface area contributed by atoms with Crippen LogP contribution >= 0.6 is 15.6 Å². The number of aliphatic hydroxyl groups is 1. The molecule has 0 bridgehead atoms. The highest BCUT2D eigenvalue weighted by molar-refractivity contribution is 7.47. The summed E-state index contributed by atoms with van der Waals surface area (Å²) in [5.74, 6) is -1.24. The van der Waals surface area contributed by atoms with Crippen molar-refractivity contribution in [3.8, 4) is 0 Å². The van der Waals surface area contributed by atoms with E-state index in [0.29, 0.717) is 25.7 Å². The van der Waals surface area contributed by atoms with Gasteiger partial charge in [-0.25, -0.2) is 9.13 Å². The average molecular weight is 1580 g/mol. The highest BCUT2D eigenvalue weighted by Gasteiger charge is 2.31. The predicted octanol–water partition coefficient (Wildman–Crippen LogP) is 27.5. The zero-order chi connectivity index (χ0) is 79.0. The van der Waals surface area contributed by atoms with Crippen LogP contribution in [0.2, 0.25) is 0 Å². The molecule has 0 aliphatic rings. The zero-order valence-corrected chi connectivity index (χ0v) is 72.8. The van der Waals surface area contributed by atoms with Crippen LogP contribution in [0.3, 0.4) is 0 Å². The lowest BCUT2D eigenvalue weighted by atomic mass is 9.99. The fourth-order valence-corrected chi connectivity index (χ4v) is 15.5. The number of phosphoric acid groups is 2. The summed E-state index contributed by atoms with van der Waals surface area (Å²) >= 11 is 0. The van der Waals surface area contributed by atoms with E-state index >= 15 is 0 Å². The second-order valence-corrected chi connectivity index (χ2v) is 35.1. The van der Waals surface area contributed by atoms with E-state index in [1.165, 1.54) is 308 Å². The molecular formula is C89H174O17P2. The molecule has 0 radical (unpaired) electrons. The van der Waals surface area contributed by atoms with E-state index in [4.69, 9.17) is 37.0 Å². The van der Waals surface area contributed by atoms with Gasteiger partial charge in [0, 0.05) is 25.7 Å². The maximum atomic E-state index is 13.2. The van der Waals surface area contributed by atoms with Crippen LogP contribution in [0.4, 0.5) is 0 Å². The number of rotatable bonds is 89. The van der Waals surface area contributed by atoms with Crippen molar-refractivity contribution in [1.82, 2.24) is 0 Å². The van der Waals surface area contributed by atoms with Crippen molar-refractivity contribution in [2.75, 3.05) is 39.6 Å². The van der Waals surface area contributed by atoms with Gasteiger partial charge in [0.1, 0.15) is 19.3 Å². The van der Waals surface area contributed by atoms with Crippen molar-refractivity contribution in [3.05, 3.63) is 0 Å². The number of aliphatic hydroxyl groups excluding tert-OH is 1. The Labute approximate surface area is 664 Å². The molecule has 0 fully saturated rings. The molecule has 19 heteroatoms. The van der Waals surface area contributed by atoms with E-state index in [-0.39, 0.29) is 25.7 Å². The summed E-state index contributed by atoms with van der Waals surface area (Å²) in [5, 5.41) is 10.7. The lowest BCUT2D eigenvalue weighted by Gasteiger charge is -2.21. The molecule has 108 heavy (non-hydrogen) atoms. The number of carbonyl (C=O) groups is 4. The summed E-state index contributed by atoms with van der Waals surface area (Å²) in [4.78, 5) is 73.4. The molecular weight excluding hydrogens is 1400 g/mol. The molecule has 6 atom stereocenters. The number of carbonyl (C=O) groups excluding carboxylic acids is 4. The first-order valence-electron chi connectivity index (χ1n) is 46.2. The van der Waals surface area contributed by atoms with Gasteiger partial charge in [-0.1, -0.05) is 433 Å². The summed E-state index contributed by atoms with van der Waals surface area (Å²) in [6.45, 7) is 7.45. The molecule has 0 amide bonds. The van der Waals surface area contributed by atoms with Crippen LogP contribution in [0.5, 0.6) is 0 Å². The maximum absolute atomic E-state index is 13.2. The second-order valence-electron chi connectivity index (χ2n) is 32.2. The third-order valence-corrected chi connectivity index (χ3v) is 23.3. The molecule has 0 aromatic rings. The second kappa shape index (κ2) is 81.6. The third-order valence-electron chi connectivity index (χ3n) is 21.4. The summed E-state index contributed by atoms with van der Waals surface area (Å²) in [5.41, 5.74) is 0. The Morgan fingerprint density at radius 1 is 0.259 bits per heavy atom. The molecule has 3 N–H and O–H groups in total. The van der Waals surface area contributed by atoms with Gasteiger partial charge in [0.2, 0.25) is 0 Å². The van der Waals surface area contributed by atoms with Crippen molar-refractivity contribution in [2.24, 2.45) is 5.92 Å². The Balaban J connectivity index is 5.27. The van der Waals surface area contributed by atoms with Crippen molar-refractivity contribution in [1.29, 1.82) is 0 Å². The first kappa shape index (κ1) is 106. The largest absolute Gasteiger partial charge is 0.472 e. The summed E-state index contributed by atoms with van der Waals surface area (Å²) in [6.07, 6.45) is 76.2. The minimum Gasteiger partial charge on any atom is -0.462 e. The lowest BCUT2D eigenvalue weighted by Crippen LogP contribution is -2.30. The van der Waals surface area contributed by atoms with Crippen molar-refractivity contribution in [3.63, 3.8) is 0 Å². The molecule has 3 unspecified atom stereocenters. The number of hydrogen-bond donors (Lipinski definition) is 3. The normalized spacial score (nSPS) is 14.0. The SMILES string of the molecule is CCCCCCCCCCCCCCCCCCCCCC(=O)O[C@H](COC(=O)CCCCCCCCCCCCCCCCC(C)CC)COP(=O)(O)OC[C@@H](O)COP(=O)(O)OC[C@@H](COC(=O)CCCCCCCCCCCCCCC)OC(=O)CCCCCCCCCCCCCCCCCCCC. The fraction of sp³-hybridized carbons (Fsp3) is 0.955. The Bertz CT molecular complexity index is 2050. The lowest BCUT2D eigenvalue weighted by molar-refractivity contribution is -0.161. The first-order chi connectivity index (χ1) is 52.6. The minimum atomic E-state index is -4.97. The molecule has 0 aliphatic heterocycles. The zero-order valence-electron chi connectivity index (χ0n) is 71.0. The quantitative estimate of drug-likeness (QED) is 0.0222. The molecule has 0 aliphatic carbocycles. The Morgan fingerprint density at radius 2 is 0.444 bits per heavy atom. The molecule has 0 aromatic carbocycles. The number of phosphoric ester groups is 2. The van der Waals surface area contributed by atoms with Gasteiger partial charge in [-0.15, -0.1) is 0 Å². The van der Waals surface area contributed by atoms with Crippen LogP contribution in [-0.2, 0) is 65.4 Å². The van der Waals surface area contributed by atoms with Crippen LogP contribution in [0.1, 0.15) is 484 Å². The van der Waals surface area contributed by atoms with Crippen LogP contribution < -0.4 is 0 Å². The van der Waals surface area contributed by atoms with Gasteiger partial charge in [0.25, 0.3) is 0 Å². The predicted molar refractivity (Wildman–Crippen MR) is 446 cm³/mol. The van der Waals surface area contributed by atoms with Gasteiger partial charge in [0.05, 0.1) is 26.4 Å². The third kappa shape index (κ3) is 80.7. The van der Waals surface area contributed by atoms with Gasteiger partial charge in [-0.2, -0.15) is 0 Å². The highest BCUT2D eigenvalue weighted by Crippen LogP contribution is 2.45. The van der Waals surface area contributed by atoms with E-state index in [1.54, 1.807) is 0 Å². The van der Waals surface area contributed by atoms with Crippen molar-refractivity contribution >= 4 is 39.5 Å². The topological polar surface area (TPSA) is 237 Å². The molecule has 17 nitrogen and oxygen atoms in total. The van der Waals surface area contributed by atoms with Crippen LogP contribution in [0.25, 0.3) is 0 Å². The summed E-state index contributed by atoms with van der Waals surface area (Å²) in [6, 6.07) is 0. The van der Waals surface area contributed by atoms with E-state index < -0.39 is 97.5 Å². The van der Waals surface area contributed by atoms with E-state index in [2.05, 4.69) is 34.6 Å². The van der Waals surface area contributed by atoms with Crippen LogP contribution in [0, 0.1) is 5.92 Å². The standard InChI is InChI=1S/C89H174O17P2/c1-6-10-13-16-19-22-25-28-30-32-34-36-38-45-50-55-60-65-70-75-89(94)106-85(79-100-87(92)73-68-63-58-53-48-43-40-39-42-46-51-56-61-66-71-82(5)9-4)81-104-108(97,98)102-77-83(90)76-101-107(95,96)103-80-84(78-99-86(91)72-67-62-57-52-47-41-27-24-21-18-15-12-8-3)105-88(93)74-69-64-59-54-49-44-37-35-33-31-29-26-23-20-17-14-11-7-2/h82-85,90H,6-81H2,1-5H3,(H,95,96)(H,97,98)/t82?,83-,84+,85+/m0/s1. The Kier molecular flexibility index (Phi) is 80.2. The van der Waals surface area contributed by atoms with Crippen molar-refractivity contribution in [2.45, 2.75) is 502 Å². The summed E-state index contributed by atoms with van der Waals surface area (Å²) in [7, 11) is -9.93. The van der Waals surface area contributed by atoms with Crippen LogP contribution in [-0.4, -0.2) is 96.7 Å². The molecule has 0 rings (SSSR count). The first-order valence-corrected chi connectivity index (χ1v) is 49.2. The molecule has 0 heterocycles. The number of hydrogen-bond acceptors (Lipinski definition) is 15. The number of unbranched alkanes of at least 4 members (excludes halogenated alkanes) is 60. The minimum absolute atomic E-state index is 0.110. The Hall–Kier alpha value is -1.94. The van der Waals surface area contributed by atoms with Crippen LogP contribution in [0.15, 0.2) is 0 Å². The number of esters is 4. The molecule has 0 aromatic heterocycles. The van der Waals surface area contributed by atoms with Gasteiger partial charge in [-0.3, -0.25) is 37.3 Å². The monoisotopic (exact) mass is 1580 g/mol. The maximum Gasteiger partial charge on any atom is 0.472 e. The molecule has 0 spiro atoms. The summed E-state index contributed by atoms with van der Waals surface area (Å²) < 4.78 is 69.1. The van der Waals surface area contributed by atoms with E-state index in [0.717, 1.165) is 95.8 Å². The van der Waals surface area contributed by atoms with E-state index in [9.17, 15) is 43.2 Å². The number of ether oxygens (including phenoxy) is 4. The smallest absolute Gasteiger partial charge is 0.462 e. The fourth-order valence-electron chi connectivity index (χ4n) is 14.0. The van der Waals surface area contributed by atoms with Crippen molar-refractivity contribution < 1.29 is 80.2 Å². The molecule has 0 saturated heterocycles. The van der Waals surface area contributed by atoms with Gasteiger partial charge < -0.3 is 33.8 Å². The van der Waals surface area contributed by atoms with Gasteiger partial charge >= 0.3 is 39.5 Å². The van der Waals surface area contributed by atoms with E-state index in [1.807, 2.05) is 0 Å². The van der Waals surface area contributed by atoms with Gasteiger partial charge in [-0.05, 0) is 31.6 Å².